The van der Waals surface area contributed by atoms with Crippen LogP contribution in [0.15, 0.2) is 72.6 Å². The highest BCUT2D eigenvalue weighted by Gasteiger charge is 2.22. The minimum Gasteiger partial charge on any atom is -0.497 e. The molecule has 182 valence electrons. The number of thiazole rings is 1. The highest BCUT2D eigenvalue weighted by atomic mass is 32.1. The number of hydrogen-bond donors (Lipinski definition) is 0. The number of ether oxygens (including phenoxy) is 2. The third kappa shape index (κ3) is 5.73. The normalized spacial score (nSPS) is 15.1. The van der Waals surface area contributed by atoms with Gasteiger partial charge < -0.3 is 18.9 Å². The average molecular weight is 490 g/mol. The summed E-state index contributed by atoms with van der Waals surface area (Å²) in [5, 5.41) is 3.23. The number of methoxy groups -OCH3 is 1. The van der Waals surface area contributed by atoms with Gasteiger partial charge in [0.25, 0.3) is 0 Å². The standard InChI is InChI=1S/C27H31N5O2S/c1-21(30-11-13-34-14-12-30)26-19-35-27(29-26)32(18-23-6-4-8-25(16-23)33-2)17-22-5-3-7-24(15-22)31-10-9-28-20-31/h3-10,15-16,19-21H,11-14,17-18H2,1-2H3. The van der Waals surface area contributed by atoms with E-state index >= 15 is 0 Å². The quantitative estimate of drug-likeness (QED) is 0.332. The highest BCUT2D eigenvalue weighted by Crippen LogP contribution is 2.30. The van der Waals surface area contributed by atoms with E-state index in [4.69, 9.17) is 14.5 Å². The van der Waals surface area contributed by atoms with Crippen LogP contribution in [-0.4, -0.2) is 52.8 Å². The Morgan fingerprint density at radius 2 is 1.86 bits per heavy atom. The van der Waals surface area contributed by atoms with Crippen LogP contribution in [0.5, 0.6) is 5.75 Å². The van der Waals surface area contributed by atoms with Gasteiger partial charge in [0.1, 0.15) is 5.75 Å². The number of hydrogen-bond acceptors (Lipinski definition) is 7. The van der Waals surface area contributed by atoms with Gasteiger partial charge in [-0.25, -0.2) is 9.97 Å². The molecule has 3 heterocycles. The molecule has 0 saturated carbocycles. The molecule has 0 bridgehead atoms. The predicted octanol–water partition coefficient (Wildman–Crippen LogP) is 4.94. The van der Waals surface area contributed by atoms with E-state index in [0.717, 1.165) is 61.7 Å². The first-order valence-electron chi connectivity index (χ1n) is 11.9. The molecule has 1 atom stereocenters. The van der Waals surface area contributed by atoms with Gasteiger partial charge in [-0.2, -0.15) is 0 Å². The molecule has 1 fully saturated rings. The Hall–Kier alpha value is -3.20. The van der Waals surface area contributed by atoms with Crippen molar-refractivity contribution in [3.63, 3.8) is 0 Å². The number of imidazole rings is 1. The van der Waals surface area contributed by atoms with Crippen molar-refractivity contribution in [1.82, 2.24) is 19.4 Å². The van der Waals surface area contributed by atoms with Gasteiger partial charge >= 0.3 is 0 Å². The number of rotatable bonds is 9. The molecule has 5 rings (SSSR count). The number of aromatic nitrogens is 3. The monoisotopic (exact) mass is 489 g/mol. The second kappa shape index (κ2) is 11.0. The lowest BCUT2D eigenvalue weighted by Crippen LogP contribution is -2.38. The maximum absolute atomic E-state index is 5.53. The zero-order valence-corrected chi connectivity index (χ0v) is 21.0. The van der Waals surface area contributed by atoms with Crippen LogP contribution < -0.4 is 9.64 Å². The molecule has 35 heavy (non-hydrogen) atoms. The molecule has 4 aromatic rings. The molecule has 0 aliphatic carbocycles. The molecule has 1 saturated heterocycles. The molecular formula is C27H31N5O2S. The molecule has 2 aromatic heterocycles. The molecule has 1 aliphatic rings. The van der Waals surface area contributed by atoms with Gasteiger partial charge in [0.2, 0.25) is 0 Å². The molecule has 0 spiro atoms. The first-order valence-corrected chi connectivity index (χ1v) is 12.8. The van der Waals surface area contributed by atoms with E-state index in [9.17, 15) is 0 Å². The van der Waals surface area contributed by atoms with Crippen LogP contribution in [0.2, 0.25) is 0 Å². The maximum atomic E-state index is 5.53. The Labute approximate surface area is 210 Å². The van der Waals surface area contributed by atoms with E-state index in [2.05, 4.69) is 63.5 Å². The van der Waals surface area contributed by atoms with Crippen molar-refractivity contribution in [2.45, 2.75) is 26.1 Å². The maximum Gasteiger partial charge on any atom is 0.186 e. The van der Waals surface area contributed by atoms with Crippen molar-refractivity contribution >= 4 is 16.5 Å². The van der Waals surface area contributed by atoms with Crippen molar-refractivity contribution in [1.29, 1.82) is 0 Å². The van der Waals surface area contributed by atoms with Gasteiger partial charge in [0, 0.05) is 49.6 Å². The zero-order valence-electron chi connectivity index (χ0n) is 20.2. The van der Waals surface area contributed by atoms with Gasteiger partial charge in [0.05, 0.1) is 38.4 Å². The fraction of sp³-hybridized carbons (Fsp3) is 0.333. The predicted molar refractivity (Wildman–Crippen MR) is 139 cm³/mol. The number of anilines is 1. The summed E-state index contributed by atoms with van der Waals surface area (Å²) in [6, 6.07) is 17.1. The Balaban J connectivity index is 1.41. The summed E-state index contributed by atoms with van der Waals surface area (Å²) in [5.74, 6) is 0.866. The lowest BCUT2D eigenvalue weighted by atomic mass is 10.1. The van der Waals surface area contributed by atoms with Crippen LogP contribution in [-0.2, 0) is 17.8 Å². The summed E-state index contributed by atoms with van der Waals surface area (Å²) >= 11 is 1.71. The molecule has 0 N–H and O–H groups in total. The lowest BCUT2D eigenvalue weighted by Gasteiger charge is -2.31. The van der Waals surface area contributed by atoms with Crippen molar-refractivity contribution in [3.8, 4) is 11.4 Å². The summed E-state index contributed by atoms with van der Waals surface area (Å²) in [7, 11) is 1.71. The van der Waals surface area contributed by atoms with E-state index in [0.29, 0.717) is 0 Å². The van der Waals surface area contributed by atoms with Crippen LogP contribution in [0.4, 0.5) is 5.13 Å². The summed E-state index contributed by atoms with van der Waals surface area (Å²) in [6.45, 7) is 7.20. The summed E-state index contributed by atoms with van der Waals surface area (Å²) < 4.78 is 13.0. The number of benzene rings is 2. The smallest absolute Gasteiger partial charge is 0.186 e. The molecule has 1 aliphatic heterocycles. The number of nitrogens with zero attached hydrogens (tertiary/aromatic N) is 5. The second-order valence-electron chi connectivity index (χ2n) is 8.73. The fourth-order valence-electron chi connectivity index (χ4n) is 4.40. The summed E-state index contributed by atoms with van der Waals surface area (Å²) in [6.07, 6.45) is 5.59. The molecular weight excluding hydrogens is 458 g/mol. The molecule has 7 nitrogen and oxygen atoms in total. The fourth-order valence-corrected chi connectivity index (χ4v) is 5.31. The first-order chi connectivity index (χ1) is 17.2. The Bertz CT molecular complexity index is 1220. The third-order valence-corrected chi connectivity index (χ3v) is 7.32. The molecule has 1 unspecified atom stereocenters. The topological polar surface area (TPSA) is 55.7 Å². The van der Waals surface area contributed by atoms with Crippen LogP contribution in [0, 0.1) is 0 Å². The van der Waals surface area contributed by atoms with Crippen molar-refractivity contribution in [3.05, 3.63) is 89.5 Å². The molecule has 2 aromatic carbocycles. The SMILES string of the molecule is COc1cccc(CN(Cc2cccc(-n3ccnc3)c2)c2nc(C(C)N3CCOCC3)cs2)c1. The van der Waals surface area contributed by atoms with E-state index in [-0.39, 0.29) is 6.04 Å². The van der Waals surface area contributed by atoms with Crippen LogP contribution in [0.25, 0.3) is 5.69 Å². The van der Waals surface area contributed by atoms with Gasteiger partial charge in [0.15, 0.2) is 5.13 Å². The van der Waals surface area contributed by atoms with E-state index in [1.807, 2.05) is 29.2 Å². The van der Waals surface area contributed by atoms with Gasteiger partial charge in [-0.05, 0) is 42.3 Å². The zero-order chi connectivity index (χ0) is 24.0. The molecule has 0 radical (unpaired) electrons. The van der Waals surface area contributed by atoms with Gasteiger partial charge in [-0.15, -0.1) is 11.3 Å². The van der Waals surface area contributed by atoms with Crippen LogP contribution in [0.3, 0.4) is 0 Å². The summed E-state index contributed by atoms with van der Waals surface area (Å²) in [5.41, 5.74) is 4.63. The number of morpholine rings is 1. The van der Waals surface area contributed by atoms with E-state index in [1.54, 1.807) is 24.6 Å². The minimum absolute atomic E-state index is 0.270. The van der Waals surface area contributed by atoms with E-state index in [1.165, 1.54) is 11.1 Å². The van der Waals surface area contributed by atoms with Gasteiger partial charge in [-0.3, -0.25) is 4.90 Å². The lowest BCUT2D eigenvalue weighted by molar-refractivity contribution is 0.0192. The Kier molecular flexibility index (Phi) is 7.42. The van der Waals surface area contributed by atoms with Crippen LogP contribution in [0.1, 0.15) is 29.8 Å². The van der Waals surface area contributed by atoms with Crippen molar-refractivity contribution < 1.29 is 9.47 Å². The highest BCUT2D eigenvalue weighted by molar-refractivity contribution is 7.13. The Morgan fingerprint density at radius 1 is 1.09 bits per heavy atom. The van der Waals surface area contributed by atoms with Crippen LogP contribution >= 0.6 is 11.3 Å². The average Bonchev–Trinajstić information content (AvgIpc) is 3.62. The second-order valence-corrected chi connectivity index (χ2v) is 9.56. The summed E-state index contributed by atoms with van der Waals surface area (Å²) in [4.78, 5) is 14.1. The molecule has 0 amide bonds. The first kappa shape index (κ1) is 23.5. The van der Waals surface area contributed by atoms with Crippen molar-refractivity contribution in [2.75, 3.05) is 38.3 Å². The minimum atomic E-state index is 0.270. The van der Waals surface area contributed by atoms with Gasteiger partial charge in [-0.1, -0.05) is 24.3 Å². The largest absolute Gasteiger partial charge is 0.497 e. The Morgan fingerprint density at radius 3 is 2.60 bits per heavy atom. The van der Waals surface area contributed by atoms with E-state index < -0.39 is 0 Å². The molecule has 8 heteroatoms. The third-order valence-electron chi connectivity index (χ3n) is 6.40. The van der Waals surface area contributed by atoms with Crippen molar-refractivity contribution in [2.24, 2.45) is 0 Å².